The molecule has 1 aromatic heterocycles. The maximum absolute atomic E-state index is 12.3. The number of carbonyl (C=O) groups excluding carboxylic acids is 1. The van der Waals surface area contributed by atoms with E-state index in [4.69, 9.17) is 5.73 Å². The van der Waals surface area contributed by atoms with Crippen LogP contribution in [0.2, 0.25) is 0 Å². The minimum absolute atomic E-state index is 0.266. The Hall–Kier alpha value is -1.42. The van der Waals surface area contributed by atoms with Crippen LogP contribution >= 0.6 is 0 Å². The Labute approximate surface area is 115 Å². The van der Waals surface area contributed by atoms with Gasteiger partial charge in [-0.05, 0) is 43.4 Å². The summed E-state index contributed by atoms with van der Waals surface area (Å²) in [6, 6.07) is 3.92. The third kappa shape index (κ3) is 4.31. The molecule has 4 heteroatoms. The first kappa shape index (κ1) is 14.0. The van der Waals surface area contributed by atoms with Crippen LogP contribution in [0, 0.1) is 5.92 Å². The fraction of sp³-hybridized carbons (Fsp3) is 0.600. The van der Waals surface area contributed by atoms with E-state index >= 15 is 0 Å². The highest BCUT2D eigenvalue weighted by Crippen LogP contribution is 2.30. The molecule has 0 unspecified atom stereocenters. The Morgan fingerprint density at radius 2 is 2.32 bits per heavy atom. The second-order valence-corrected chi connectivity index (χ2v) is 5.32. The molecule has 0 aliphatic heterocycles. The lowest BCUT2D eigenvalue weighted by Gasteiger charge is -2.29. The molecule has 1 aliphatic carbocycles. The summed E-state index contributed by atoms with van der Waals surface area (Å²) >= 11 is 0. The molecule has 1 fully saturated rings. The van der Waals surface area contributed by atoms with E-state index in [0.29, 0.717) is 25.4 Å². The predicted octanol–water partition coefficient (Wildman–Crippen LogP) is 1.95. The second kappa shape index (κ2) is 7.24. The van der Waals surface area contributed by atoms with Crippen LogP contribution in [0.5, 0.6) is 0 Å². The van der Waals surface area contributed by atoms with Gasteiger partial charge in [0, 0.05) is 31.9 Å². The summed E-state index contributed by atoms with van der Waals surface area (Å²) in [5.41, 5.74) is 6.64. The Balaban J connectivity index is 1.91. The zero-order chi connectivity index (χ0) is 13.5. The van der Waals surface area contributed by atoms with Crippen LogP contribution in [0.3, 0.4) is 0 Å². The molecule has 0 atom stereocenters. The van der Waals surface area contributed by atoms with Gasteiger partial charge in [0.2, 0.25) is 5.91 Å². The van der Waals surface area contributed by atoms with Crippen LogP contribution < -0.4 is 5.73 Å². The Morgan fingerprint density at radius 1 is 1.47 bits per heavy atom. The molecule has 0 spiro atoms. The molecular formula is C15H23N3O. The van der Waals surface area contributed by atoms with Crippen molar-refractivity contribution in [1.29, 1.82) is 0 Å². The number of pyridine rings is 1. The van der Waals surface area contributed by atoms with Gasteiger partial charge in [-0.1, -0.05) is 12.5 Å². The quantitative estimate of drug-likeness (QED) is 0.816. The summed E-state index contributed by atoms with van der Waals surface area (Å²) in [5.74, 6) is 0.878. The fourth-order valence-electron chi connectivity index (χ4n) is 2.36. The second-order valence-electron chi connectivity index (χ2n) is 5.32. The van der Waals surface area contributed by atoms with Crippen LogP contribution in [-0.4, -0.2) is 28.9 Å². The fourth-order valence-corrected chi connectivity index (χ4v) is 2.36. The van der Waals surface area contributed by atoms with Gasteiger partial charge in [0.1, 0.15) is 0 Å². The minimum atomic E-state index is 0.266. The number of carbonyl (C=O) groups is 1. The standard InChI is InChI=1S/C15H23N3O/c16-7-3-9-18(12-14-6-2-8-17-11-14)15(19)10-13-4-1-5-13/h2,6,8,11,13H,1,3-5,7,9-10,12,16H2. The Morgan fingerprint density at radius 3 is 2.89 bits per heavy atom. The highest BCUT2D eigenvalue weighted by atomic mass is 16.2. The number of rotatable bonds is 7. The Bertz CT molecular complexity index is 390. The molecule has 0 aromatic carbocycles. The average molecular weight is 261 g/mol. The van der Waals surface area contributed by atoms with Gasteiger partial charge in [-0.15, -0.1) is 0 Å². The van der Waals surface area contributed by atoms with Crippen molar-refractivity contribution >= 4 is 5.91 Å². The van der Waals surface area contributed by atoms with Gasteiger partial charge in [-0.3, -0.25) is 9.78 Å². The number of nitrogens with two attached hydrogens (primary N) is 1. The van der Waals surface area contributed by atoms with Gasteiger partial charge < -0.3 is 10.6 Å². The topological polar surface area (TPSA) is 59.2 Å². The molecule has 0 radical (unpaired) electrons. The third-order valence-electron chi connectivity index (χ3n) is 3.77. The first-order valence-corrected chi connectivity index (χ1v) is 7.16. The molecule has 1 saturated carbocycles. The van der Waals surface area contributed by atoms with E-state index in [1.165, 1.54) is 19.3 Å². The van der Waals surface area contributed by atoms with Crippen molar-refractivity contribution in [3.8, 4) is 0 Å². The van der Waals surface area contributed by atoms with Crippen LogP contribution in [0.1, 0.15) is 37.7 Å². The molecule has 1 heterocycles. The van der Waals surface area contributed by atoms with Crippen molar-refractivity contribution in [2.75, 3.05) is 13.1 Å². The van der Waals surface area contributed by atoms with Crippen LogP contribution in [0.25, 0.3) is 0 Å². The first-order chi connectivity index (χ1) is 9.29. The molecule has 1 aromatic rings. The van der Waals surface area contributed by atoms with E-state index < -0.39 is 0 Å². The summed E-state index contributed by atoms with van der Waals surface area (Å²) in [6.45, 7) is 2.02. The molecule has 1 aliphatic rings. The van der Waals surface area contributed by atoms with E-state index in [9.17, 15) is 4.79 Å². The molecular weight excluding hydrogens is 238 g/mol. The van der Waals surface area contributed by atoms with Crippen LogP contribution in [0.4, 0.5) is 0 Å². The van der Waals surface area contributed by atoms with Crippen LogP contribution in [-0.2, 0) is 11.3 Å². The van der Waals surface area contributed by atoms with Gasteiger partial charge >= 0.3 is 0 Å². The molecule has 2 N–H and O–H groups in total. The normalized spacial score (nSPS) is 15.0. The van der Waals surface area contributed by atoms with Crippen molar-refractivity contribution in [2.24, 2.45) is 11.7 Å². The molecule has 19 heavy (non-hydrogen) atoms. The van der Waals surface area contributed by atoms with Crippen molar-refractivity contribution in [3.63, 3.8) is 0 Å². The van der Waals surface area contributed by atoms with Gasteiger partial charge in [0.25, 0.3) is 0 Å². The van der Waals surface area contributed by atoms with Gasteiger partial charge in [-0.2, -0.15) is 0 Å². The summed E-state index contributed by atoms with van der Waals surface area (Å²) in [7, 11) is 0. The number of hydrogen-bond acceptors (Lipinski definition) is 3. The maximum atomic E-state index is 12.3. The molecule has 2 rings (SSSR count). The summed E-state index contributed by atoms with van der Waals surface area (Å²) < 4.78 is 0. The summed E-state index contributed by atoms with van der Waals surface area (Å²) in [4.78, 5) is 18.4. The lowest BCUT2D eigenvalue weighted by atomic mass is 9.82. The summed E-state index contributed by atoms with van der Waals surface area (Å²) in [6.07, 6.45) is 8.84. The average Bonchev–Trinajstić information content (AvgIpc) is 2.39. The Kier molecular flexibility index (Phi) is 5.33. The highest BCUT2D eigenvalue weighted by molar-refractivity contribution is 5.76. The van der Waals surface area contributed by atoms with Crippen molar-refractivity contribution in [3.05, 3.63) is 30.1 Å². The predicted molar refractivity (Wildman–Crippen MR) is 75.3 cm³/mol. The van der Waals surface area contributed by atoms with Gasteiger partial charge in [0.15, 0.2) is 0 Å². The van der Waals surface area contributed by atoms with E-state index in [1.54, 1.807) is 6.20 Å². The van der Waals surface area contributed by atoms with Gasteiger partial charge in [0.05, 0.1) is 0 Å². The van der Waals surface area contributed by atoms with E-state index in [1.807, 2.05) is 23.2 Å². The smallest absolute Gasteiger partial charge is 0.223 e. The minimum Gasteiger partial charge on any atom is -0.338 e. The third-order valence-corrected chi connectivity index (χ3v) is 3.77. The van der Waals surface area contributed by atoms with Crippen molar-refractivity contribution in [2.45, 2.75) is 38.6 Å². The first-order valence-electron chi connectivity index (χ1n) is 7.16. The number of nitrogens with zero attached hydrogens (tertiary/aromatic N) is 2. The molecule has 4 nitrogen and oxygen atoms in total. The number of hydrogen-bond donors (Lipinski definition) is 1. The maximum Gasteiger partial charge on any atom is 0.223 e. The zero-order valence-electron chi connectivity index (χ0n) is 11.4. The molecule has 0 bridgehead atoms. The molecule has 1 amide bonds. The molecule has 0 saturated heterocycles. The number of amides is 1. The van der Waals surface area contributed by atoms with Crippen molar-refractivity contribution in [1.82, 2.24) is 9.88 Å². The van der Waals surface area contributed by atoms with E-state index in [-0.39, 0.29) is 5.91 Å². The largest absolute Gasteiger partial charge is 0.338 e. The number of aromatic nitrogens is 1. The SMILES string of the molecule is NCCCN(Cc1cccnc1)C(=O)CC1CCC1. The highest BCUT2D eigenvalue weighted by Gasteiger charge is 2.23. The van der Waals surface area contributed by atoms with E-state index in [0.717, 1.165) is 18.5 Å². The zero-order valence-corrected chi connectivity index (χ0v) is 11.4. The van der Waals surface area contributed by atoms with Crippen molar-refractivity contribution < 1.29 is 4.79 Å². The van der Waals surface area contributed by atoms with Gasteiger partial charge in [-0.25, -0.2) is 0 Å². The summed E-state index contributed by atoms with van der Waals surface area (Å²) in [5, 5.41) is 0. The lowest BCUT2D eigenvalue weighted by Crippen LogP contribution is -2.34. The lowest BCUT2D eigenvalue weighted by molar-refractivity contribution is -0.133. The van der Waals surface area contributed by atoms with E-state index in [2.05, 4.69) is 4.98 Å². The molecule has 104 valence electrons. The monoisotopic (exact) mass is 261 g/mol. The van der Waals surface area contributed by atoms with Crippen LogP contribution in [0.15, 0.2) is 24.5 Å².